The van der Waals surface area contributed by atoms with Crippen LogP contribution in [-0.4, -0.2) is 11.3 Å². The Morgan fingerprint density at radius 1 is 0.545 bits per heavy atom. The van der Waals surface area contributed by atoms with Crippen molar-refractivity contribution in [3.05, 3.63) is 0 Å². The van der Waals surface area contributed by atoms with Crippen LogP contribution in [0.5, 0.6) is 0 Å². The van der Waals surface area contributed by atoms with Gasteiger partial charge in [0, 0.05) is 0 Å². The van der Waals surface area contributed by atoms with Crippen LogP contribution in [0.25, 0.3) is 0 Å². The van der Waals surface area contributed by atoms with E-state index in [9.17, 15) is 0 Å². The highest BCUT2D eigenvalue weighted by molar-refractivity contribution is 4.51. The standard InChI is InChI=1S/C20H43NO/c1-2-3-4-5-6-7-8-9-10-11-12-13-14-15-16-17-18-19-20(21)22/h20,22H,2-19,21H2,1H3. The van der Waals surface area contributed by atoms with Crippen molar-refractivity contribution in [3.63, 3.8) is 0 Å². The molecule has 0 aromatic rings. The molecule has 1 unspecified atom stereocenters. The monoisotopic (exact) mass is 313 g/mol. The molecule has 0 spiro atoms. The molecule has 0 saturated heterocycles. The van der Waals surface area contributed by atoms with Gasteiger partial charge in [-0.25, -0.2) is 0 Å². The van der Waals surface area contributed by atoms with Gasteiger partial charge < -0.3 is 10.8 Å². The molecule has 1 atom stereocenters. The maximum absolute atomic E-state index is 8.96. The molecule has 3 N–H and O–H groups in total. The molecule has 134 valence electrons. The van der Waals surface area contributed by atoms with Crippen molar-refractivity contribution in [1.82, 2.24) is 0 Å². The Balaban J connectivity index is 2.94. The average molecular weight is 314 g/mol. The van der Waals surface area contributed by atoms with Crippen LogP contribution in [0.15, 0.2) is 0 Å². The van der Waals surface area contributed by atoms with Gasteiger partial charge in [-0.2, -0.15) is 0 Å². The molecule has 22 heavy (non-hydrogen) atoms. The molecule has 0 radical (unpaired) electrons. The van der Waals surface area contributed by atoms with Gasteiger partial charge in [0.15, 0.2) is 0 Å². The van der Waals surface area contributed by atoms with E-state index in [0.29, 0.717) is 0 Å². The lowest BCUT2D eigenvalue weighted by atomic mass is 10.0. The summed E-state index contributed by atoms with van der Waals surface area (Å²) < 4.78 is 0. The summed E-state index contributed by atoms with van der Waals surface area (Å²) in [5.41, 5.74) is 5.31. The van der Waals surface area contributed by atoms with Crippen molar-refractivity contribution in [1.29, 1.82) is 0 Å². The Morgan fingerprint density at radius 2 is 0.818 bits per heavy atom. The van der Waals surface area contributed by atoms with Crippen molar-refractivity contribution in [2.75, 3.05) is 0 Å². The summed E-state index contributed by atoms with van der Waals surface area (Å²) in [6.07, 6.45) is 23.8. The normalized spacial score (nSPS) is 12.7. The van der Waals surface area contributed by atoms with Gasteiger partial charge in [-0.15, -0.1) is 0 Å². The quantitative estimate of drug-likeness (QED) is 0.230. The number of hydrogen-bond donors (Lipinski definition) is 2. The Labute approximate surface area is 140 Å². The molecule has 2 heteroatoms. The van der Waals surface area contributed by atoms with Gasteiger partial charge in [0.25, 0.3) is 0 Å². The van der Waals surface area contributed by atoms with E-state index in [0.717, 1.165) is 12.8 Å². The molecule has 0 aromatic heterocycles. The van der Waals surface area contributed by atoms with Crippen LogP contribution in [0.1, 0.15) is 122 Å². The van der Waals surface area contributed by atoms with E-state index in [-0.39, 0.29) is 0 Å². The van der Waals surface area contributed by atoms with Crippen molar-refractivity contribution in [2.24, 2.45) is 5.73 Å². The second-order valence-electron chi connectivity index (χ2n) is 7.01. The minimum absolute atomic E-state index is 0.601. The van der Waals surface area contributed by atoms with E-state index < -0.39 is 6.23 Å². The van der Waals surface area contributed by atoms with E-state index >= 15 is 0 Å². The van der Waals surface area contributed by atoms with Crippen LogP contribution < -0.4 is 5.73 Å². The largest absolute Gasteiger partial charge is 0.379 e. The van der Waals surface area contributed by atoms with Crippen molar-refractivity contribution < 1.29 is 5.11 Å². The van der Waals surface area contributed by atoms with E-state index in [4.69, 9.17) is 10.8 Å². The number of aliphatic hydroxyl groups excluding tert-OH is 1. The summed E-state index contributed by atoms with van der Waals surface area (Å²) in [6.45, 7) is 2.28. The highest BCUT2D eigenvalue weighted by atomic mass is 16.3. The molecular weight excluding hydrogens is 270 g/mol. The predicted octanol–water partition coefficient (Wildman–Crippen LogP) is 6.31. The molecule has 0 aliphatic carbocycles. The summed E-state index contributed by atoms with van der Waals surface area (Å²) in [7, 11) is 0. The Morgan fingerprint density at radius 3 is 1.09 bits per heavy atom. The van der Waals surface area contributed by atoms with Gasteiger partial charge >= 0.3 is 0 Å². The van der Waals surface area contributed by atoms with Gasteiger partial charge in [0.2, 0.25) is 0 Å². The minimum atomic E-state index is -0.601. The molecule has 0 aromatic carbocycles. The third-order valence-corrected chi connectivity index (χ3v) is 4.60. The van der Waals surface area contributed by atoms with Crippen molar-refractivity contribution in [3.8, 4) is 0 Å². The van der Waals surface area contributed by atoms with Gasteiger partial charge in [0.05, 0.1) is 0 Å². The number of hydrogen-bond acceptors (Lipinski definition) is 2. The minimum Gasteiger partial charge on any atom is -0.379 e. The molecule has 0 aliphatic heterocycles. The van der Waals surface area contributed by atoms with Crippen LogP contribution in [0.2, 0.25) is 0 Å². The number of aliphatic hydroxyl groups is 1. The lowest BCUT2D eigenvalue weighted by Gasteiger charge is -2.04. The van der Waals surface area contributed by atoms with Crippen LogP contribution in [0.4, 0.5) is 0 Å². The SMILES string of the molecule is CCCCCCCCCCCCCCCCCCCC(N)O. The fourth-order valence-electron chi connectivity index (χ4n) is 3.08. The fourth-order valence-corrected chi connectivity index (χ4v) is 3.08. The van der Waals surface area contributed by atoms with Gasteiger partial charge in [-0.3, -0.25) is 0 Å². The third-order valence-electron chi connectivity index (χ3n) is 4.60. The zero-order valence-electron chi connectivity index (χ0n) is 15.3. The second-order valence-corrected chi connectivity index (χ2v) is 7.01. The Kier molecular flexibility index (Phi) is 18.9. The number of nitrogens with two attached hydrogens (primary N) is 1. The first-order valence-corrected chi connectivity index (χ1v) is 10.2. The maximum atomic E-state index is 8.96. The fraction of sp³-hybridized carbons (Fsp3) is 1.00. The topological polar surface area (TPSA) is 46.2 Å². The second kappa shape index (κ2) is 19.0. The first kappa shape index (κ1) is 21.9. The third kappa shape index (κ3) is 19.9. The Hall–Kier alpha value is -0.0800. The lowest BCUT2D eigenvalue weighted by Crippen LogP contribution is -2.17. The van der Waals surface area contributed by atoms with Crippen LogP contribution in [-0.2, 0) is 0 Å². The van der Waals surface area contributed by atoms with E-state index in [1.165, 1.54) is 103 Å². The highest BCUT2D eigenvalue weighted by Gasteiger charge is 1.96. The van der Waals surface area contributed by atoms with E-state index in [1.54, 1.807) is 0 Å². The van der Waals surface area contributed by atoms with Gasteiger partial charge in [-0.1, -0.05) is 110 Å². The number of unbranched alkanes of at least 4 members (excludes halogenated alkanes) is 16. The first-order valence-electron chi connectivity index (χ1n) is 10.2. The summed E-state index contributed by atoms with van der Waals surface area (Å²) in [5, 5.41) is 8.96. The zero-order chi connectivity index (χ0) is 16.3. The Bertz CT molecular complexity index is 194. The van der Waals surface area contributed by atoms with Gasteiger partial charge in [0.1, 0.15) is 6.23 Å². The summed E-state index contributed by atoms with van der Waals surface area (Å²) in [5.74, 6) is 0. The van der Waals surface area contributed by atoms with Crippen LogP contribution >= 0.6 is 0 Å². The molecule has 2 nitrogen and oxygen atoms in total. The smallest absolute Gasteiger partial charge is 0.102 e. The molecule has 0 aliphatic rings. The average Bonchev–Trinajstić information content (AvgIpc) is 2.50. The summed E-state index contributed by atoms with van der Waals surface area (Å²) in [6, 6.07) is 0. The predicted molar refractivity (Wildman–Crippen MR) is 99.0 cm³/mol. The molecule has 0 heterocycles. The number of rotatable bonds is 18. The van der Waals surface area contributed by atoms with Gasteiger partial charge in [-0.05, 0) is 12.8 Å². The van der Waals surface area contributed by atoms with E-state index in [2.05, 4.69) is 6.92 Å². The van der Waals surface area contributed by atoms with Crippen LogP contribution in [0, 0.1) is 0 Å². The van der Waals surface area contributed by atoms with Crippen molar-refractivity contribution in [2.45, 2.75) is 129 Å². The first-order chi connectivity index (χ1) is 10.8. The summed E-state index contributed by atoms with van der Waals surface area (Å²) in [4.78, 5) is 0. The van der Waals surface area contributed by atoms with Crippen molar-refractivity contribution >= 4 is 0 Å². The summed E-state index contributed by atoms with van der Waals surface area (Å²) >= 11 is 0. The lowest BCUT2D eigenvalue weighted by molar-refractivity contribution is 0.168. The molecule has 0 saturated carbocycles. The molecule has 0 rings (SSSR count). The molecular formula is C20H43NO. The zero-order valence-corrected chi connectivity index (χ0v) is 15.3. The molecule has 0 bridgehead atoms. The molecule has 0 fully saturated rings. The van der Waals surface area contributed by atoms with Crippen LogP contribution in [0.3, 0.4) is 0 Å². The molecule has 0 amide bonds. The maximum Gasteiger partial charge on any atom is 0.102 e. The highest BCUT2D eigenvalue weighted by Crippen LogP contribution is 2.14. The van der Waals surface area contributed by atoms with E-state index in [1.807, 2.05) is 0 Å².